The maximum Gasteiger partial charge on any atom is 0.0226 e. The maximum absolute atomic E-state index is 5.57. The third kappa shape index (κ3) is 7.67. The minimum atomic E-state index is 0.764. The van der Waals surface area contributed by atoms with Crippen LogP contribution in [-0.2, 0) is 0 Å². The standard InChI is InChI=1S/C10H17Cl/c1-9(2)6-7-10(3)5-4-8-11/h6-7H,4-5,8H2,1-3H3/b10-7+. The molecule has 0 rings (SSSR count). The van der Waals surface area contributed by atoms with Gasteiger partial charge < -0.3 is 0 Å². The van der Waals surface area contributed by atoms with Gasteiger partial charge in [0, 0.05) is 5.88 Å². The maximum atomic E-state index is 5.57. The van der Waals surface area contributed by atoms with Crippen molar-refractivity contribution >= 4 is 11.6 Å². The molecule has 0 atom stereocenters. The number of halogens is 1. The van der Waals surface area contributed by atoms with E-state index in [-0.39, 0.29) is 0 Å². The summed E-state index contributed by atoms with van der Waals surface area (Å²) in [6, 6.07) is 0. The fourth-order valence-electron chi connectivity index (χ4n) is 0.738. The molecule has 0 aromatic heterocycles. The first-order valence-electron chi connectivity index (χ1n) is 4.03. The first-order valence-corrected chi connectivity index (χ1v) is 4.57. The van der Waals surface area contributed by atoms with Crippen LogP contribution in [0.2, 0.25) is 0 Å². The van der Waals surface area contributed by atoms with E-state index in [9.17, 15) is 0 Å². The Hall–Kier alpha value is -0.230. The van der Waals surface area contributed by atoms with E-state index >= 15 is 0 Å². The van der Waals surface area contributed by atoms with Gasteiger partial charge in [-0.3, -0.25) is 0 Å². The second-order valence-electron chi connectivity index (χ2n) is 3.05. The van der Waals surface area contributed by atoms with Crippen LogP contribution in [0.1, 0.15) is 33.6 Å². The van der Waals surface area contributed by atoms with Crippen LogP contribution in [0.5, 0.6) is 0 Å². The molecular formula is C10H17Cl. The Labute approximate surface area is 74.9 Å². The SMILES string of the molecule is CC(C)=C/C=C(\C)CCCCl. The highest BCUT2D eigenvalue weighted by atomic mass is 35.5. The van der Waals surface area contributed by atoms with E-state index < -0.39 is 0 Å². The third-order valence-corrected chi connectivity index (χ3v) is 1.67. The van der Waals surface area contributed by atoms with Gasteiger partial charge in [-0.05, 0) is 33.6 Å². The van der Waals surface area contributed by atoms with E-state index in [1.165, 1.54) is 11.1 Å². The average molecular weight is 173 g/mol. The van der Waals surface area contributed by atoms with Crippen LogP contribution >= 0.6 is 11.6 Å². The molecule has 0 spiro atoms. The lowest BCUT2D eigenvalue weighted by Gasteiger charge is -1.95. The highest BCUT2D eigenvalue weighted by molar-refractivity contribution is 6.17. The summed E-state index contributed by atoms with van der Waals surface area (Å²) in [6.45, 7) is 6.35. The lowest BCUT2D eigenvalue weighted by atomic mass is 10.1. The van der Waals surface area contributed by atoms with Gasteiger partial charge in [-0.15, -0.1) is 11.6 Å². The smallest absolute Gasteiger partial charge is 0.0226 e. The van der Waals surface area contributed by atoms with Crippen molar-refractivity contribution in [3.63, 3.8) is 0 Å². The largest absolute Gasteiger partial charge is 0.127 e. The molecule has 0 N–H and O–H groups in total. The summed E-state index contributed by atoms with van der Waals surface area (Å²) in [5, 5.41) is 0. The summed E-state index contributed by atoms with van der Waals surface area (Å²) >= 11 is 5.57. The van der Waals surface area contributed by atoms with Crippen LogP contribution in [0.3, 0.4) is 0 Å². The van der Waals surface area contributed by atoms with Crippen molar-refractivity contribution in [2.24, 2.45) is 0 Å². The minimum absolute atomic E-state index is 0.764. The molecule has 0 nitrogen and oxygen atoms in total. The zero-order valence-corrected chi connectivity index (χ0v) is 8.41. The van der Waals surface area contributed by atoms with Crippen LogP contribution in [0, 0.1) is 0 Å². The number of allylic oxidation sites excluding steroid dienone is 4. The van der Waals surface area contributed by atoms with E-state index in [0.717, 1.165) is 18.7 Å². The van der Waals surface area contributed by atoms with Crippen molar-refractivity contribution in [2.75, 3.05) is 5.88 Å². The predicted molar refractivity (Wildman–Crippen MR) is 53.1 cm³/mol. The highest BCUT2D eigenvalue weighted by Crippen LogP contribution is 2.05. The molecule has 0 aliphatic rings. The molecule has 0 aromatic rings. The molecule has 64 valence electrons. The van der Waals surface area contributed by atoms with Crippen LogP contribution < -0.4 is 0 Å². The Morgan fingerprint density at radius 2 is 1.82 bits per heavy atom. The molecule has 0 unspecified atom stereocenters. The zero-order valence-electron chi connectivity index (χ0n) is 7.65. The molecule has 0 bridgehead atoms. The molecule has 0 aliphatic carbocycles. The zero-order chi connectivity index (χ0) is 8.69. The van der Waals surface area contributed by atoms with Crippen molar-refractivity contribution in [1.82, 2.24) is 0 Å². The van der Waals surface area contributed by atoms with Crippen LogP contribution in [-0.4, -0.2) is 5.88 Å². The Morgan fingerprint density at radius 3 is 2.27 bits per heavy atom. The van der Waals surface area contributed by atoms with Gasteiger partial charge >= 0.3 is 0 Å². The van der Waals surface area contributed by atoms with E-state index in [1.807, 2.05) is 0 Å². The molecule has 1 heteroatoms. The first-order chi connectivity index (χ1) is 5.16. The van der Waals surface area contributed by atoms with Gasteiger partial charge in [0.2, 0.25) is 0 Å². The average Bonchev–Trinajstić information content (AvgIpc) is 1.97. The number of hydrogen-bond acceptors (Lipinski definition) is 0. The minimum Gasteiger partial charge on any atom is -0.127 e. The topological polar surface area (TPSA) is 0 Å². The summed E-state index contributed by atoms with van der Waals surface area (Å²) < 4.78 is 0. The van der Waals surface area contributed by atoms with Gasteiger partial charge in [-0.25, -0.2) is 0 Å². The van der Waals surface area contributed by atoms with Crippen LogP contribution in [0.4, 0.5) is 0 Å². The van der Waals surface area contributed by atoms with Crippen molar-refractivity contribution in [1.29, 1.82) is 0 Å². The van der Waals surface area contributed by atoms with Crippen LogP contribution in [0.25, 0.3) is 0 Å². The number of alkyl halides is 1. The second-order valence-corrected chi connectivity index (χ2v) is 3.43. The van der Waals surface area contributed by atoms with Gasteiger partial charge in [-0.1, -0.05) is 23.3 Å². The van der Waals surface area contributed by atoms with Gasteiger partial charge in [0.25, 0.3) is 0 Å². The number of rotatable bonds is 4. The normalized spacial score (nSPS) is 11.5. The molecule has 0 radical (unpaired) electrons. The molecule has 0 saturated carbocycles. The molecular weight excluding hydrogens is 156 g/mol. The van der Waals surface area contributed by atoms with Gasteiger partial charge in [0.15, 0.2) is 0 Å². The highest BCUT2D eigenvalue weighted by Gasteiger charge is 1.86. The van der Waals surface area contributed by atoms with Gasteiger partial charge in [0.05, 0.1) is 0 Å². The fraction of sp³-hybridized carbons (Fsp3) is 0.600. The van der Waals surface area contributed by atoms with E-state index in [2.05, 4.69) is 32.9 Å². The van der Waals surface area contributed by atoms with E-state index in [4.69, 9.17) is 11.6 Å². The molecule has 0 aromatic carbocycles. The second kappa shape index (κ2) is 6.48. The van der Waals surface area contributed by atoms with Crippen molar-refractivity contribution < 1.29 is 0 Å². The first kappa shape index (κ1) is 10.8. The predicted octanol–water partition coefficient (Wildman–Crippen LogP) is 3.92. The van der Waals surface area contributed by atoms with Gasteiger partial charge in [-0.2, -0.15) is 0 Å². The van der Waals surface area contributed by atoms with Crippen molar-refractivity contribution in [2.45, 2.75) is 33.6 Å². The van der Waals surface area contributed by atoms with E-state index in [0.29, 0.717) is 0 Å². The molecule has 0 fully saturated rings. The summed E-state index contributed by atoms with van der Waals surface area (Å²) in [4.78, 5) is 0. The van der Waals surface area contributed by atoms with Crippen molar-refractivity contribution in [3.8, 4) is 0 Å². The lowest BCUT2D eigenvalue weighted by molar-refractivity contribution is 0.912. The molecule has 0 saturated heterocycles. The Kier molecular flexibility index (Phi) is 6.34. The molecule has 0 aliphatic heterocycles. The fourth-order valence-corrected chi connectivity index (χ4v) is 0.872. The quantitative estimate of drug-likeness (QED) is 0.446. The van der Waals surface area contributed by atoms with Crippen LogP contribution in [0.15, 0.2) is 23.3 Å². The lowest BCUT2D eigenvalue weighted by Crippen LogP contribution is -1.78. The summed E-state index contributed by atoms with van der Waals surface area (Å²) in [7, 11) is 0. The monoisotopic (exact) mass is 172 g/mol. The van der Waals surface area contributed by atoms with Gasteiger partial charge in [0.1, 0.15) is 0 Å². The summed E-state index contributed by atoms with van der Waals surface area (Å²) in [6.07, 6.45) is 6.51. The summed E-state index contributed by atoms with van der Waals surface area (Å²) in [5.41, 5.74) is 2.75. The van der Waals surface area contributed by atoms with E-state index in [1.54, 1.807) is 0 Å². The molecule has 11 heavy (non-hydrogen) atoms. The molecule has 0 amide bonds. The third-order valence-electron chi connectivity index (χ3n) is 1.41. The molecule has 0 heterocycles. The Bertz CT molecular complexity index is 150. The summed E-state index contributed by atoms with van der Waals surface area (Å²) in [5.74, 6) is 0.764. The number of hydrogen-bond donors (Lipinski definition) is 0. The Balaban J connectivity index is 3.72. The van der Waals surface area contributed by atoms with Crippen molar-refractivity contribution in [3.05, 3.63) is 23.3 Å². The Morgan fingerprint density at radius 1 is 1.18 bits per heavy atom.